The van der Waals surface area contributed by atoms with Gasteiger partial charge in [0.1, 0.15) is 6.04 Å². The molecule has 2 aliphatic heterocycles. The number of amides is 1. The van der Waals surface area contributed by atoms with E-state index < -0.39 is 22.0 Å². The summed E-state index contributed by atoms with van der Waals surface area (Å²) in [6.07, 6.45) is 0.0929. The average molecular weight is 382 g/mol. The first kappa shape index (κ1) is 18.8. The largest absolute Gasteiger partial charge is 0.480 e. The van der Waals surface area contributed by atoms with Crippen LogP contribution >= 0.6 is 0 Å². The van der Waals surface area contributed by atoms with Crippen LogP contribution in [0.5, 0.6) is 0 Å². The average Bonchev–Trinajstić information content (AvgIpc) is 3.00. The molecule has 9 heteroatoms. The minimum Gasteiger partial charge on any atom is -0.480 e. The number of sulfonamides is 1. The van der Waals surface area contributed by atoms with Crippen molar-refractivity contribution >= 4 is 27.6 Å². The van der Waals surface area contributed by atoms with E-state index in [4.69, 9.17) is 4.74 Å². The van der Waals surface area contributed by atoms with Gasteiger partial charge in [0.25, 0.3) is 0 Å². The summed E-state index contributed by atoms with van der Waals surface area (Å²) in [5.74, 6) is -1.76. The van der Waals surface area contributed by atoms with Crippen LogP contribution in [0.2, 0.25) is 0 Å². The molecule has 1 N–H and O–H groups in total. The molecule has 1 aromatic rings. The topological polar surface area (TPSA) is 104 Å². The van der Waals surface area contributed by atoms with Crippen LogP contribution in [0.15, 0.2) is 23.1 Å². The smallest absolute Gasteiger partial charge is 0.327 e. The summed E-state index contributed by atoms with van der Waals surface area (Å²) in [5, 5.41) is 9.49. The quantitative estimate of drug-likeness (QED) is 0.822. The molecule has 1 aromatic carbocycles. The lowest BCUT2D eigenvalue weighted by atomic mass is 10.1. The Kier molecular flexibility index (Phi) is 5.05. The third-order valence-electron chi connectivity index (χ3n) is 4.66. The highest BCUT2D eigenvalue weighted by molar-refractivity contribution is 7.89. The fourth-order valence-electron chi connectivity index (χ4n) is 3.27. The number of carbonyl (C=O) groups excluding carboxylic acids is 1. The summed E-state index contributed by atoms with van der Waals surface area (Å²) in [6, 6.07) is 3.45. The highest BCUT2D eigenvalue weighted by Gasteiger charge is 2.40. The van der Waals surface area contributed by atoms with Gasteiger partial charge in [-0.2, -0.15) is 4.31 Å². The van der Waals surface area contributed by atoms with Gasteiger partial charge in [0.15, 0.2) is 0 Å². The Hall–Kier alpha value is -1.97. The fraction of sp³-hybridized carbons (Fsp3) is 0.529. The van der Waals surface area contributed by atoms with E-state index in [1.54, 1.807) is 13.8 Å². The van der Waals surface area contributed by atoms with Gasteiger partial charge >= 0.3 is 5.97 Å². The van der Waals surface area contributed by atoms with Crippen LogP contribution in [-0.4, -0.2) is 62.1 Å². The summed E-state index contributed by atoms with van der Waals surface area (Å²) in [5.41, 5.74) is 1.03. The monoisotopic (exact) mass is 382 g/mol. The molecule has 1 unspecified atom stereocenters. The first-order valence-electron chi connectivity index (χ1n) is 8.50. The molecule has 142 valence electrons. The minimum atomic E-state index is -3.67. The van der Waals surface area contributed by atoms with E-state index in [-0.39, 0.29) is 36.2 Å². The van der Waals surface area contributed by atoms with E-state index >= 15 is 0 Å². The number of ether oxygens (including phenoxy) is 1. The van der Waals surface area contributed by atoms with E-state index in [2.05, 4.69) is 0 Å². The number of carboxylic acid groups (broad SMARTS) is 1. The van der Waals surface area contributed by atoms with Gasteiger partial charge in [-0.25, -0.2) is 13.2 Å². The molecular weight excluding hydrogens is 360 g/mol. The lowest BCUT2D eigenvalue weighted by Gasteiger charge is -2.26. The maximum absolute atomic E-state index is 12.8. The highest BCUT2D eigenvalue weighted by Crippen LogP contribution is 2.35. The minimum absolute atomic E-state index is 0.0929. The molecule has 0 radical (unpaired) electrons. The van der Waals surface area contributed by atoms with E-state index in [1.165, 1.54) is 27.4 Å². The molecule has 1 saturated heterocycles. The molecule has 2 aliphatic rings. The molecule has 2 heterocycles. The van der Waals surface area contributed by atoms with Gasteiger partial charge in [-0.15, -0.1) is 0 Å². The normalized spacial score (nSPS) is 21.0. The predicted molar refractivity (Wildman–Crippen MR) is 93.5 cm³/mol. The summed E-state index contributed by atoms with van der Waals surface area (Å²) in [7, 11) is -3.67. The summed E-state index contributed by atoms with van der Waals surface area (Å²) in [6.45, 7) is 4.68. The van der Waals surface area contributed by atoms with Crippen molar-refractivity contribution in [1.29, 1.82) is 0 Å². The molecule has 1 atom stereocenters. The van der Waals surface area contributed by atoms with Crippen LogP contribution in [0, 0.1) is 5.92 Å². The van der Waals surface area contributed by atoms with E-state index in [0.717, 1.165) is 0 Å². The number of rotatable bonds is 4. The number of hydrogen-bond donors (Lipinski definition) is 1. The summed E-state index contributed by atoms with van der Waals surface area (Å²) in [4.78, 5) is 25.5. The number of hydrogen-bond acceptors (Lipinski definition) is 5. The Balaban J connectivity index is 1.98. The Morgan fingerprint density at radius 2 is 1.88 bits per heavy atom. The van der Waals surface area contributed by atoms with Gasteiger partial charge in [-0.05, 0) is 23.8 Å². The molecule has 0 saturated carbocycles. The third-order valence-corrected chi connectivity index (χ3v) is 6.55. The summed E-state index contributed by atoms with van der Waals surface area (Å²) < 4.78 is 32.2. The Labute approximate surface area is 152 Å². The summed E-state index contributed by atoms with van der Waals surface area (Å²) >= 11 is 0. The van der Waals surface area contributed by atoms with Crippen molar-refractivity contribution in [3.05, 3.63) is 23.8 Å². The lowest BCUT2D eigenvalue weighted by molar-refractivity contribution is -0.140. The van der Waals surface area contributed by atoms with Gasteiger partial charge in [-0.1, -0.05) is 13.8 Å². The molecule has 0 bridgehead atoms. The zero-order valence-electron chi connectivity index (χ0n) is 14.7. The number of benzene rings is 1. The number of carbonyl (C=O) groups is 2. The molecule has 26 heavy (non-hydrogen) atoms. The van der Waals surface area contributed by atoms with Crippen LogP contribution in [0.25, 0.3) is 0 Å². The van der Waals surface area contributed by atoms with Crippen LogP contribution in [-0.2, 0) is 30.8 Å². The Bertz CT molecular complexity index is 830. The SMILES string of the molecule is CC(C)C(=O)N1c2ccc(S(=O)(=O)N3CCOCC3)cc2CC1C(=O)O. The van der Waals surface area contributed by atoms with Crippen molar-refractivity contribution in [2.75, 3.05) is 31.2 Å². The second kappa shape index (κ2) is 6.98. The van der Waals surface area contributed by atoms with Crippen molar-refractivity contribution in [1.82, 2.24) is 4.31 Å². The molecule has 1 amide bonds. The van der Waals surface area contributed by atoms with Crippen LogP contribution < -0.4 is 4.90 Å². The number of carboxylic acids is 1. The number of nitrogens with zero attached hydrogens (tertiary/aromatic N) is 2. The lowest BCUT2D eigenvalue weighted by Crippen LogP contribution is -2.44. The second-order valence-electron chi connectivity index (χ2n) is 6.73. The van der Waals surface area contributed by atoms with E-state index in [0.29, 0.717) is 24.5 Å². The molecule has 3 rings (SSSR count). The first-order chi connectivity index (χ1) is 12.2. The fourth-order valence-corrected chi connectivity index (χ4v) is 4.73. The van der Waals surface area contributed by atoms with Gasteiger partial charge in [0.05, 0.1) is 18.1 Å². The molecule has 0 aliphatic carbocycles. The Morgan fingerprint density at radius 1 is 1.23 bits per heavy atom. The third kappa shape index (κ3) is 3.22. The van der Waals surface area contributed by atoms with Gasteiger partial charge in [0.2, 0.25) is 15.9 Å². The standard InChI is InChI=1S/C17H22N2O6S/c1-11(2)16(20)19-14-4-3-13(9-12(14)10-15(19)17(21)22)26(23,24)18-5-7-25-8-6-18/h3-4,9,11,15H,5-8,10H2,1-2H3,(H,21,22). The van der Waals surface area contributed by atoms with Gasteiger partial charge in [0, 0.05) is 31.1 Å². The van der Waals surface area contributed by atoms with Crippen molar-refractivity contribution in [2.24, 2.45) is 5.92 Å². The van der Waals surface area contributed by atoms with Crippen LogP contribution in [0.4, 0.5) is 5.69 Å². The Morgan fingerprint density at radius 3 is 2.46 bits per heavy atom. The number of anilines is 1. The second-order valence-corrected chi connectivity index (χ2v) is 8.67. The molecule has 1 fully saturated rings. The van der Waals surface area contributed by atoms with Crippen LogP contribution in [0.3, 0.4) is 0 Å². The number of morpholine rings is 1. The molecule has 0 spiro atoms. The maximum Gasteiger partial charge on any atom is 0.327 e. The first-order valence-corrected chi connectivity index (χ1v) is 9.94. The van der Waals surface area contributed by atoms with Gasteiger partial charge in [-0.3, -0.25) is 9.69 Å². The molecular formula is C17H22N2O6S. The van der Waals surface area contributed by atoms with Crippen molar-refractivity contribution in [3.63, 3.8) is 0 Å². The van der Waals surface area contributed by atoms with E-state index in [9.17, 15) is 23.1 Å². The number of aliphatic carboxylic acids is 1. The number of fused-ring (bicyclic) bond motifs is 1. The predicted octanol–water partition coefficient (Wildman–Crippen LogP) is 0.706. The molecule has 0 aromatic heterocycles. The zero-order chi connectivity index (χ0) is 19.1. The van der Waals surface area contributed by atoms with Crippen molar-refractivity contribution < 1.29 is 27.9 Å². The molecule has 8 nitrogen and oxygen atoms in total. The van der Waals surface area contributed by atoms with Gasteiger partial charge < -0.3 is 9.84 Å². The van der Waals surface area contributed by atoms with Crippen molar-refractivity contribution in [3.8, 4) is 0 Å². The zero-order valence-corrected chi connectivity index (χ0v) is 15.5. The van der Waals surface area contributed by atoms with E-state index in [1.807, 2.05) is 0 Å². The highest BCUT2D eigenvalue weighted by atomic mass is 32.2. The van der Waals surface area contributed by atoms with Crippen LogP contribution in [0.1, 0.15) is 19.4 Å². The maximum atomic E-state index is 12.8. The van der Waals surface area contributed by atoms with Crippen molar-refractivity contribution in [2.45, 2.75) is 31.2 Å².